The molecule has 9 heteroatoms. The highest BCUT2D eigenvalue weighted by Crippen LogP contribution is 2.20. The van der Waals surface area contributed by atoms with Crippen molar-refractivity contribution in [3.05, 3.63) is 81.4 Å². The molecule has 0 fully saturated rings. The van der Waals surface area contributed by atoms with Gasteiger partial charge in [0.1, 0.15) is 10.0 Å². The van der Waals surface area contributed by atoms with Gasteiger partial charge in [0.05, 0.1) is 0 Å². The molecule has 2 aromatic carbocycles. The third-order valence-corrected chi connectivity index (χ3v) is 6.88. The Hall–Kier alpha value is -2.23. The number of hydrogen-bond acceptors (Lipinski definition) is 4. The zero-order valence-corrected chi connectivity index (χ0v) is 17.0. The molecule has 27 heavy (non-hydrogen) atoms. The van der Waals surface area contributed by atoms with E-state index in [4.69, 9.17) is 0 Å². The zero-order chi connectivity index (χ0) is 19.4. The number of benzene rings is 2. The van der Waals surface area contributed by atoms with E-state index in [1.807, 2.05) is 0 Å². The Morgan fingerprint density at radius 2 is 1.85 bits per heavy atom. The molecule has 1 heterocycles. The Kier molecular flexibility index (Phi) is 5.93. The van der Waals surface area contributed by atoms with Crippen LogP contribution in [0.3, 0.4) is 0 Å². The molecule has 0 atom stereocenters. The van der Waals surface area contributed by atoms with Crippen molar-refractivity contribution in [3.63, 3.8) is 0 Å². The summed E-state index contributed by atoms with van der Waals surface area (Å²) in [5.41, 5.74) is 1.04. The molecule has 0 aliphatic carbocycles. The van der Waals surface area contributed by atoms with Crippen molar-refractivity contribution in [1.82, 2.24) is 5.32 Å². The van der Waals surface area contributed by atoms with Crippen molar-refractivity contribution in [2.45, 2.75) is 10.8 Å². The van der Waals surface area contributed by atoms with Gasteiger partial charge in [0.25, 0.3) is 15.9 Å². The molecule has 0 spiro atoms. The lowest BCUT2D eigenvalue weighted by Gasteiger charge is -2.09. The summed E-state index contributed by atoms with van der Waals surface area (Å²) in [6, 6.07) is 13.7. The van der Waals surface area contributed by atoms with E-state index in [-0.39, 0.29) is 16.7 Å². The van der Waals surface area contributed by atoms with E-state index in [0.29, 0.717) is 16.8 Å². The van der Waals surface area contributed by atoms with Crippen LogP contribution in [0.4, 0.5) is 10.1 Å². The summed E-state index contributed by atoms with van der Waals surface area (Å²) in [7, 11) is -3.64. The van der Waals surface area contributed by atoms with Crippen molar-refractivity contribution >= 4 is 48.9 Å². The first-order valence-corrected chi connectivity index (χ1v) is 10.9. The van der Waals surface area contributed by atoms with Gasteiger partial charge in [0.2, 0.25) is 0 Å². The van der Waals surface area contributed by atoms with Gasteiger partial charge in [-0.25, -0.2) is 12.8 Å². The van der Waals surface area contributed by atoms with Gasteiger partial charge in [0, 0.05) is 27.8 Å². The second kappa shape index (κ2) is 8.20. The number of sulfonamides is 1. The molecule has 140 valence electrons. The fourth-order valence-corrected chi connectivity index (χ4v) is 4.73. The van der Waals surface area contributed by atoms with E-state index in [0.717, 1.165) is 15.8 Å². The number of rotatable bonds is 6. The fraction of sp³-hybridized carbons (Fsp3) is 0.0556. The summed E-state index contributed by atoms with van der Waals surface area (Å²) < 4.78 is 41.5. The highest BCUT2D eigenvalue weighted by Gasteiger charge is 2.15. The first-order valence-electron chi connectivity index (χ1n) is 7.74. The Labute approximate surface area is 168 Å². The Morgan fingerprint density at radius 1 is 1.11 bits per heavy atom. The summed E-state index contributed by atoms with van der Waals surface area (Å²) >= 11 is 4.37. The quantitative estimate of drug-likeness (QED) is 0.563. The van der Waals surface area contributed by atoms with E-state index < -0.39 is 15.8 Å². The number of carbonyl (C=O) groups excluding carboxylic acids is 1. The van der Waals surface area contributed by atoms with Gasteiger partial charge in [-0.15, -0.1) is 11.3 Å². The van der Waals surface area contributed by atoms with Crippen LogP contribution in [-0.2, 0) is 16.6 Å². The topological polar surface area (TPSA) is 75.3 Å². The van der Waals surface area contributed by atoms with Crippen molar-refractivity contribution in [2.24, 2.45) is 0 Å². The second-order valence-corrected chi connectivity index (χ2v) is 9.31. The van der Waals surface area contributed by atoms with Crippen molar-refractivity contribution < 1.29 is 17.6 Å². The first kappa shape index (κ1) is 19.5. The van der Waals surface area contributed by atoms with Crippen LogP contribution in [0.1, 0.15) is 15.9 Å². The van der Waals surface area contributed by atoms with Crippen LogP contribution >= 0.6 is 27.3 Å². The fourth-order valence-electron chi connectivity index (χ4n) is 2.27. The van der Waals surface area contributed by atoms with Gasteiger partial charge in [-0.3, -0.25) is 9.52 Å². The molecule has 0 unspecified atom stereocenters. The maximum absolute atomic E-state index is 13.7. The summed E-state index contributed by atoms with van der Waals surface area (Å²) in [4.78, 5) is 12.2. The number of hydrogen-bond donors (Lipinski definition) is 2. The van der Waals surface area contributed by atoms with Gasteiger partial charge >= 0.3 is 0 Å². The van der Waals surface area contributed by atoms with E-state index in [1.165, 1.54) is 36.4 Å². The number of carbonyl (C=O) groups is 1. The van der Waals surface area contributed by atoms with E-state index >= 15 is 0 Å². The Morgan fingerprint density at radius 3 is 2.52 bits per heavy atom. The first-order chi connectivity index (χ1) is 12.8. The Balaban J connectivity index is 1.64. The normalized spacial score (nSPS) is 11.2. The smallest absolute Gasteiger partial charge is 0.271 e. The molecule has 1 amide bonds. The number of halogens is 2. The predicted molar refractivity (Wildman–Crippen MR) is 107 cm³/mol. The van der Waals surface area contributed by atoms with Crippen molar-refractivity contribution in [2.75, 3.05) is 4.72 Å². The standard InChI is InChI=1S/C18H14BrFN2O3S2/c19-14-5-8-16(20)13(10-14)11-21-18(23)12-3-6-15(7-4-12)22-27(24,25)17-2-1-9-26-17/h1-10,22H,11H2,(H,21,23). The predicted octanol–water partition coefficient (Wildman–Crippen LogP) is 4.38. The third kappa shape index (κ3) is 4.94. The maximum Gasteiger partial charge on any atom is 0.271 e. The average molecular weight is 469 g/mol. The maximum atomic E-state index is 13.7. The largest absolute Gasteiger partial charge is 0.348 e. The monoisotopic (exact) mass is 468 g/mol. The molecule has 0 aliphatic heterocycles. The molecule has 0 saturated carbocycles. The van der Waals surface area contributed by atoms with Crippen LogP contribution in [-0.4, -0.2) is 14.3 Å². The number of anilines is 1. The molecule has 0 saturated heterocycles. The minimum atomic E-state index is -3.64. The van der Waals surface area contributed by atoms with Crippen LogP contribution in [0.2, 0.25) is 0 Å². The summed E-state index contributed by atoms with van der Waals surface area (Å²) in [6.45, 7) is 0.0386. The zero-order valence-electron chi connectivity index (χ0n) is 13.8. The summed E-state index contributed by atoms with van der Waals surface area (Å²) in [6.07, 6.45) is 0. The number of nitrogens with one attached hydrogen (secondary N) is 2. The molecular weight excluding hydrogens is 455 g/mol. The summed E-state index contributed by atoms with van der Waals surface area (Å²) in [5, 5.41) is 4.31. The van der Waals surface area contributed by atoms with E-state index in [1.54, 1.807) is 23.6 Å². The van der Waals surface area contributed by atoms with Crippen LogP contribution in [0.5, 0.6) is 0 Å². The van der Waals surface area contributed by atoms with Crippen LogP contribution in [0.15, 0.2) is 68.7 Å². The molecule has 0 aliphatic rings. The molecule has 3 aromatic rings. The van der Waals surface area contributed by atoms with Gasteiger partial charge in [-0.05, 0) is 53.9 Å². The van der Waals surface area contributed by atoms with Crippen molar-refractivity contribution in [3.8, 4) is 0 Å². The minimum absolute atomic E-state index is 0.0386. The van der Waals surface area contributed by atoms with E-state index in [9.17, 15) is 17.6 Å². The van der Waals surface area contributed by atoms with Crippen LogP contribution < -0.4 is 10.0 Å². The van der Waals surface area contributed by atoms with Crippen LogP contribution in [0.25, 0.3) is 0 Å². The Bertz CT molecular complexity index is 1050. The van der Waals surface area contributed by atoms with Crippen LogP contribution in [0, 0.1) is 5.82 Å². The third-order valence-electron chi connectivity index (χ3n) is 3.61. The molecule has 0 bridgehead atoms. The minimum Gasteiger partial charge on any atom is -0.348 e. The van der Waals surface area contributed by atoms with E-state index in [2.05, 4.69) is 26.0 Å². The van der Waals surface area contributed by atoms with Gasteiger partial charge in [-0.2, -0.15) is 0 Å². The number of thiophene rings is 1. The molecular formula is C18H14BrFN2O3S2. The van der Waals surface area contributed by atoms with Gasteiger partial charge < -0.3 is 5.32 Å². The SMILES string of the molecule is O=C(NCc1cc(Br)ccc1F)c1ccc(NS(=O)(=O)c2cccs2)cc1. The highest BCUT2D eigenvalue weighted by atomic mass is 79.9. The molecule has 3 rings (SSSR count). The number of amides is 1. The average Bonchev–Trinajstić information content (AvgIpc) is 3.18. The molecule has 2 N–H and O–H groups in total. The van der Waals surface area contributed by atoms with Crippen molar-refractivity contribution in [1.29, 1.82) is 0 Å². The summed E-state index contributed by atoms with van der Waals surface area (Å²) in [5.74, 6) is -0.793. The lowest BCUT2D eigenvalue weighted by molar-refractivity contribution is 0.0950. The lowest BCUT2D eigenvalue weighted by atomic mass is 10.1. The lowest BCUT2D eigenvalue weighted by Crippen LogP contribution is -2.23. The second-order valence-electron chi connectivity index (χ2n) is 5.53. The molecule has 5 nitrogen and oxygen atoms in total. The van der Waals surface area contributed by atoms with Gasteiger partial charge in [0.15, 0.2) is 0 Å². The molecule has 0 radical (unpaired) electrons. The molecule has 1 aromatic heterocycles. The highest BCUT2D eigenvalue weighted by molar-refractivity contribution is 9.10. The van der Waals surface area contributed by atoms with Gasteiger partial charge in [-0.1, -0.05) is 22.0 Å².